The first-order chi connectivity index (χ1) is 10.9. The van der Waals surface area contributed by atoms with Crippen molar-refractivity contribution in [2.24, 2.45) is 5.92 Å². The second-order valence-corrected chi connectivity index (χ2v) is 8.40. The highest BCUT2D eigenvalue weighted by atomic mass is 32.2. The van der Waals surface area contributed by atoms with Crippen LogP contribution in [0, 0.1) is 5.92 Å². The highest BCUT2D eigenvalue weighted by Gasteiger charge is 2.27. The number of fused-ring (bicyclic) bond motifs is 1. The molecule has 0 spiro atoms. The molecule has 0 unspecified atom stereocenters. The molecule has 126 valence electrons. The lowest BCUT2D eigenvalue weighted by Gasteiger charge is -2.30. The fourth-order valence-corrected chi connectivity index (χ4v) is 4.14. The number of amides is 2. The third-order valence-corrected chi connectivity index (χ3v) is 6.02. The van der Waals surface area contributed by atoms with E-state index >= 15 is 0 Å². The molecule has 23 heavy (non-hydrogen) atoms. The first-order valence-corrected chi connectivity index (χ1v) is 9.83. The van der Waals surface area contributed by atoms with Crippen LogP contribution < -0.4 is 5.32 Å². The smallest absolute Gasteiger partial charge is 0.318 e. The quantitative estimate of drug-likeness (QED) is 0.906. The molecule has 2 aliphatic rings. The largest absolute Gasteiger partial charge is 0.338 e. The van der Waals surface area contributed by atoms with Crippen LogP contribution in [0.3, 0.4) is 0 Å². The van der Waals surface area contributed by atoms with E-state index in [9.17, 15) is 13.2 Å². The number of nitrogens with one attached hydrogen (secondary N) is 1. The van der Waals surface area contributed by atoms with Gasteiger partial charge >= 0.3 is 6.03 Å². The van der Waals surface area contributed by atoms with E-state index in [4.69, 9.17) is 0 Å². The lowest BCUT2D eigenvalue weighted by Crippen LogP contribution is -2.43. The predicted molar refractivity (Wildman–Crippen MR) is 88.2 cm³/mol. The van der Waals surface area contributed by atoms with E-state index < -0.39 is 10.0 Å². The molecule has 0 atom stereocenters. The lowest BCUT2D eigenvalue weighted by atomic mass is 9.98. The molecule has 1 N–H and O–H groups in total. The minimum atomic E-state index is -3.09. The number of urea groups is 1. The second kappa shape index (κ2) is 6.49. The molecule has 1 aromatic rings. The fraction of sp³-hybridized carbons (Fsp3) is 0.562. The summed E-state index contributed by atoms with van der Waals surface area (Å²) in [6, 6.07) is 8.07. The summed E-state index contributed by atoms with van der Waals surface area (Å²) in [5.74, 6) is 0.349. The topological polar surface area (TPSA) is 69.7 Å². The molecule has 0 aliphatic carbocycles. The summed E-state index contributed by atoms with van der Waals surface area (Å²) in [5.41, 5.74) is 2.42. The lowest BCUT2D eigenvalue weighted by molar-refractivity contribution is 0.192. The summed E-state index contributed by atoms with van der Waals surface area (Å²) < 4.78 is 24.5. The van der Waals surface area contributed by atoms with Crippen molar-refractivity contribution in [3.05, 3.63) is 35.4 Å². The Morgan fingerprint density at radius 2 is 1.74 bits per heavy atom. The summed E-state index contributed by atoms with van der Waals surface area (Å²) in [6.45, 7) is 3.04. The Morgan fingerprint density at radius 1 is 1.17 bits per heavy atom. The SMILES string of the molecule is CS(=O)(=O)N1CCC(CNC(=O)N2Cc3ccccc3C2)CC1. The molecular weight excluding hydrogens is 314 g/mol. The van der Waals surface area contributed by atoms with Crippen LogP contribution in [0.5, 0.6) is 0 Å². The van der Waals surface area contributed by atoms with Gasteiger partial charge in [-0.25, -0.2) is 17.5 Å². The highest BCUT2D eigenvalue weighted by molar-refractivity contribution is 7.88. The van der Waals surface area contributed by atoms with Gasteiger partial charge in [0, 0.05) is 32.7 Å². The van der Waals surface area contributed by atoms with E-state index in [-0.39, 0.29) is 6.03 Å². The Kier molecular flexibility index (Phi) is 4.59. The van der Waals surface area contributed by atoms with Crippen molar-refractivity contribution in [2.75, 3.05) is 25.9 Å². The Hall–Kier alpha value is -1.60. The highest BCUT2D eigenvalue weighted by Crippen LogP contribution is 2.22. The molecule has 3 rings (SSSR count). The number of hydrogen-bond acceptors (Lipinski definition) is 3. The van der Waals surface area contributed by atoms with E-state index in [2.05, 4.69) is 17.4 Å². The van der Waals surface area contributed by atoms with Crippen molar-refractivity contribution < 1.29 is 13.2 Å². The molecule has 1 fully saturated rings. The number of carbonyl (C=O) groups excluding carboxylic acids is 1. The van der Waals surface area contributed by atoms with Gasteiger partial charge in [-0.3, -0.25) is 0 Å². The van der Waals surface area contributed by atoms with Gasteiger partial charge in [0.05, 0.1) is 6.26 Å². The van der Waals surface area contributed by atoms with Crippen molar-refractivity contribution in [3.63, 3.8) is 0 Å². The van der Waals surface area contributed by atoms with Crippen molar-refractivity contribution in [1.29, 1.82) is 0 Å². The Balaban J connectivity index is 1.44. The van der Waals surface area contributed by atoms with Gasteiger partial charge in [0.1, 0.15) is 0 Å². The molecule has 0 aromatic heterocycles. The van der Waals surface area contributed by atoms with Crippen LogP contribution in [0.25, 0.3) is 0 Å². The zero-order valence-corrected chi connectivity index (χ0v) is 14.2. The number of rotatable bonds is 3. The van der Waals surface area contributed by atoms with Gasteiger partial charge in [0.25, 0.3) is 0 Å². The van der Waals surface area contributed by atoms with Crippen molar-refractivity contribution in [1.82, 2.24) is 14.5 Å². The van der Waals surface area contributed by atoms with Crippen LogP contribution in [0.1, 0.15) is 24.0 Å². The average molecular weight is 337 g/mol. The Bertz CT molecular complexity index is 657. The van der Waals surface area contributed by atoms with Gasteiger partial charge in [-0.1, -0.05) is 24.3 Å². The van der Waals surface area contributed by atoms with E-state index in [1.54, 1.807) is 0 Å². The number of carbonyl (C=O) groups is 1. The number of nitrogens with zero attached hydrogens (tertiary/aromatic N) is 2. The van der Waals surface area contributed by atoms with Crippen LogP contribution in [0.2, 0.25) is 0 Å². The van der Waals surface area contributed by atoms with E-state index in [1.807, 2.05) is 17.0 Å². The zero-order chi connectivity index (χ0) is 16.4. The number of piperidine rings is 1. The minimum Gasteiger partial charge on any atom is -0.338 e. The van der Waals surface area contributed by atoms with Crippen LogP contribution in [-0.2, 0) is 23.1 Å². The van der Waals surface area contributed by atoms with Crippen LogP contribution >= 0.6 is 0 Å². The Labute approximate surface area is 137 Å². The number of hydrogen-bond donors (Lipinski definition) is 1. The first kappa shape index (κ1) is 16.3. The summed E-state index contributed by atoms with van der Waals surface area (Å²) in [5, 5.41) is 3.00. The Morgan fingerprint density at radius 3 is 2.26 bits per heavy atom. The molecule has 2 heterocycles. The average Bonchev–Trinajstić information content (AvgIpc) is 2.96. The molecule has 2 amide bonds. The molecule has 6 nitrogen and oxygen atoms in total. The minimum absolute atomic E-state index is 0.0354. The van der Waals surface area contributed by atoms with E-state index in [1.165, 1.54) is 21.7 Å². The summed E-state index contributed by atoms with van der Waals surface area (Å²) in [6.07, 6.45) is 2.85. The predicted octanol–water partition coefficient (Wildman–Crippen LogP) is 1.38. The maximum absolute atomic E-state index is 12.3. The maximum atomic E-state index is 12.3. The van der Waals surface area contributed by atoms with Gasteiger partial charge in [-0.05, 0) is 29.9 Å². The zero-order valence-electron chi connectivity index (χ0n) is 13.4. The van der Waals surface area contributed by atoms with Gasteiger partial charge in [0.2, 0.25) is 10.0 Å². The molecular formula is C16H23N3O3S. The van der Waals surface area contributed by atoms with Crippen molar-refractivity contribution in [3.8, 4) is 0 Å². The normalized spacial score (nSPS) is 19.6. The number of benzene rings is 1. The first-order valence-electron chi connectivity index (χ1n) is 7.98. The summed E-state index contributed by atoms with van der Waals surface area (Å²) >= 11 is 0. The summed E-state index contributed by atoms with van der Waals surface area (Å²) in [4.78, 5) is 14.1. The molecule has 0 bridgehead atoms. The molecule has 2 aliphatic heterocycles. The standard InChI is InChI=1S/C16H23N3O3S/c1-23(21,22)19-8-6-13(7-9-19)10-17-16(20)18-11-14-4-2-3-5-15(14)12-18/h2-5,13H,6-12H2,1H3,(H,17,20). The third kappa shape index (κ3) is 3.84. The van der Waals surface area contributed by atoms with Crippen LogP contribution in [0.15, 0.2) is 24.3 Å². The van der Waals surface area contributed by atoms with Crippen molar-refractivity contribution in [2.45, 2.75) is 25.9 Å². The molecule has 1 aromatic carbocycles. The van der Waals surface area contributed by atoms with Gasteiger partial charge in [-0.15, -0.1) is 0 Å². The molecule has 7 heteroatoms. The van der Waals surface area contributed by atoms with Gasteiger partial charge in [0.15, 0.2) is 0 Å². The summed E-state index contributed by atoms with van der Waals surface area (Å²) in [7, 11) is -3.09. The van der Waals surface area contributed by atoms with E-state index in [0.717, 1.165) is 12.8 Å². The molecule has 0 radical (unpaired) electrons. The second-order valence-electron chi connectivity index (χ2n) is 6.42. The van der Waals surface area contributed by atoms with Crippen LogP contribution in [0.4, 0.5) is 4.79 Å². The monoisotopic (exact) mass is 337 g/mol. The third-order valence-electron chi connectivity index (χ3n) is 4.71. The van der Waals surface area contributed by atoms with E-state index in [0.29, 0.717) is 38.6 Å². The van der Waals surface area contributed by atoms with Gasteiger partial charge in [-0.2, -0.15) is 0 Å². The molecule has 0 saturated carbocycles. The van der Waals surface area contributed by atoms with Crippen molar-refractivity contribution >= 4 is 16.1 Å². The maximum Gasteiger partial charge on any atom is 0.318 e. The van der Waals surface area contributed by atoms with Gasteiger partial charge < -0.3 is 10.2 Å². The number of sulfonamides is 1. The molecule has 1 saturated heterocycles. The fourth-order valence-electron chi connectivity index (χ4n) is 3.27. The van der Waals surface area contributed by atoms with Crippen LogP contribution in [-0.4, -0.2) is 49.5 Å².